The minimum Gasteiger partial charge on any atom is -0.339 e. The quantitative estimate of drug-likeness (QED) is 0.747. The molecule has 1 unspecified atom stereocenters. The minimum absolute atomic E-state index is 0.144. The van der Waals surface area contributed by atoms with Crippen LogP contribution in [0.5, 0.6) is 0 Å². The summed E-state index contributed by atoms with van der Waals surface area (Å²) in [5.74, 6) is 0.335. The van der Waals surface area contributed by atoms with Gasteiger partial charge in [-0.1, -0.05) is 44.2 Å². The highest BCUT2D eigenvalue weighted by Crippen LogP contribution is 2.24. The van der Waals surface area contributed by atoms with Gasteiger partial charge in [-0.15, -0.1) is 11.3 Å². The van der Waals surface area contributed by atoms with E-state index in [-0.39, 0.29) is 11.9 Å². The van der Waals surface area contributed by atoms with Crippen molar-refractivity contribution in [2.24, 2.45) is 5.92 Å². The van der Waals surface area contributed by atoms with Crippen LogP contribution in [-0.2, 0) is 6.54 Å². The number of benzene rings is 1. The Morgan fingerprint density at radius 1 is 1.29 bits per heavy atom. The third-order valence-electron chi connectivity index (χ3n) is 3.55. The smallest absolute Gasteiger partial charge is 0.255 e. The molecule has 0 saturated heterocycles. The number of amides is 1. The molecule has 1 atom stereocenters. The summed E-state index contributed by atoms with van der Waals surface area (Å²) in [7, 11) is 0. The summed E-state index contributed by atoms with van der Waals surface area (Å²) < 4.78 is 1.81. The third kappa shape index (κ3) is 3.89. The van der Waals surface area contributed by atoms with E-state index in [1.807, 2.05) is 35.7 Å². The van der Waals surface area contributed by atoms with Gasteiger partial charge in [0, 0.05) is 24.3 Å². The zero-order valence-corrected chi connectivity index (χ0v) is 14.5. The van der Waals surface area contributed by atoms with Crippen LogP contribution in [0.1, 0.15) is 40.8 Å². The third-order valence-corrected chi connectivity index (χ3v) is 4.39. The van der Waals surface area contributed by atoms with Crippen LogP contribution in [0.15, 0.2) is 54.3 Å². The molecule has 1 amide bonds. The lowest BCUT2D eigenvalue weighted by Crippen LogP contribution is -2.29. The van der Waals surface area contributed by atoms with Crippen LogP contribution in [0.2, 0.25) is 0 Å². The summed E-state index contributed by atoms with van der Waals surface area (Å²) in [5.41, 5.74) is 1.57. The molecular weight excluding hydrogens is 320 g/mol. The maximum absolute atomic E-state index is 12.6. The van der Waals surface area contributed by atoms with Crippen molar-refractivity contribution in [3.8, 4) is 0 Å². The van der Waals surface area contributed by atoms with Crippen molar-refractivity contribution in [3.05, 3.63) is 70.4 Å². The van der Waals surface area contributed by atoms with E-state index in [2.05, 4.69) is 29.2 Å². The van der Waals surface area contributed by atoms with Crippen LogP contribution in [-0.4, -0.2) is 20.7 Å². The maximum Gasteiger partial charge on any atom is 0.255 e. The molecule has 5 nitrogen and oxygen atoms in total. The zero-order valence-electron chi connectivity index (χ0n) is 13.7. The van der Waals surface area contributed by atoms with E-state index in [4.69, 9.17) is 0 Å². The van der Waals surface area contributed by atoms with Crippen molar-refractivity contribution in [1.29, 1.82) is 0 Å². The molecule has 0 fully saturated rings. The van der Waals surface area contributed by atoms with Crippen molar-refractivity contribution < 1.29 is 4.79 Å². The van der Waals surface area contributed by atoms with Gasteiger partial charge in [0.1, 0.15) is 11.0 Å². The summed E-state index contributed by atoms with van der Waals surface area (Å²) in [4.78, 5) is 17.0. The number of carbonyl (C=O) groups excluding carboxylic acids is 1. The Balaban J connectivity index is 1.80. The Morgan fingerprint density at radius 3 is 2.75 bits per heavy atom. The molecule has 2 aromatic heterocycles. The molecule has 0 spiro atoms. The molecule has 2 heterocycles. The number of hydrogen-bond donors (Lipinski definition) is 1. The van der Waals surface area contributed by atoms with Gasteiger partial charge < -0.3 is 5.32 Å². The van der Waals surface area contributed by atoms with Crippen molar-refractivity contribution in [2.75, 3.05) is 0 Å². The highest BCUT2D eigenvalue weighted by molar-refractivity contribution is 7.09. The number of nitrogens with one attached hydrogen (secondary N) is 1. The van der Waals surface area contributed by atoms with Gasteiger partial charge in [-0.3, -0.25) is 9.48 Å². The van der Waals surface area contributed by atoms with Gasteiger partial charge >= 0.3 is 0 Å². The largest absolute Gasteiger partial charge is 0.339 e. The average molecular weight is 340 g/mol. The van der Waals surface area contributed by atoms with Gasteiger partial charge in [0.15, 0.2) is 0 Å². The second-order valence-corrected chi connectivity index (χ2v) is 6.96. The molecule has 124 valence electrons. The first-order valence-electron chi connectivity index (χ1n) is 7.91. The van der Waals surface area contributed by atoms with E-state index in [1.54, 1.807) is 23.3 Å². The average Bonchev–Trinajstić information content (AvgIpc) is 3.24. The van der Waals surface area contributed by atoms with Gasteiger partial charge in [-0.2, -0.15) is 5.10 Å². The Bertz CT molecular complexity index is 780. The SMILES string of the molecule is CC(C)Cn1cc(C(=O)NC(c2ccccc2)c2nccs2)cn1. The number of aromatic nitrogens is 3. The first-order valence-corrected chi connectivity index (χ1v) is 8.79. The van der Waals surface area contributed by atoms with Gasteiger partial charge in [-0.05, 0) is 11.5 Å². The Labute approximate surface area is 145 Å². The van der Waals surface area contributed by atoms with E-state index in [1.165, 1.54) is 11.3 Å². The summed E-state index contributed by atoms with van der Waals surface area (Å²) in [5, 5.41) is 10.1. The van der Waals surface area contributed by atoms with Crippen LogP contribution in [0.25, 0.3) is 0 Å². The van der Waals surface area contributed by atoms with E-state index in [0.29, 0.717) is 11.5 Å². The van der Waals surface area contributed by atoms with Crippen LogP contribution in [0, 0.1) is 5.92 Å². The first kappa shape index (κ1) is 16.4. The number of hydrogen-bond acceptors (Lipinski definition) is 4. The zero-order chi connectivity index (χ0) is 16.9. The number of rotatable bonds is 6. The predicted molar refractivity (Wildman–Crippen MR) is 94.9 cm³/mol. The highest BCUT2D eigenvalue weighted by Gasteiger charge is 2.20. The molecule has 0 bridgehead atoms. The fraction of sp³-hybridized carbons (Fsp3) is 0.278. The molecule has 1 aromatic carbocycles. The molecule has 1 N–H and O–H groups in total. The lowest BCUT2D eigenvalue weighted by molar-refractivity contribution is 0.0943. The van der Waals surface area contributed by atoms with Gasteiger partial charge in [0.2, 0.25) is 0 Å². The predicted octanol–water partition coefficient (Wildman–Crippen LogP) is 3.52. The topological polar surface area (TPSA) is 59.8 Å². The molecule has 3 aromatic rings. The van der Waals surface area contributed by atoms with Crippen LogP contribution in [0.4, 0.5) is 0 Å². The molecule has 0 aliphatic carbocycles. The number of carbonyl (C=O) groups is 1. The van der Waals surface area contributed by atoms with E-state index >= 15 is 0 Å². The van der Waals surface area contributed by atoms with Crippen LogP contribution in [0.3, 0.4) is 0 Å². The normalized spacial score (nSPS) is 12.3. The molecule has 6 heteroatoms. The van der Waals surface area contributed by atoms with E-state index in [0.717, 1.165) is 17.1 Å². The summed E-state index contributed by atoms with van der Waals surface area (Å²) in [6, 6.07) is 9.61. The standard InChI is InChI=1S/C18H20N4OS/c1-13(2)11-22-12-15(10-20-22)17(23)21-16(18-19-8-9-24-18)14-6-4-3-5-7-14/h3-10,12-13,16H,11H2,1-2H3,(H,21,23). The van der Waals surface area contributed by atoms with Crippen molar-refractivity contribution in [1.82, 2.24) is 20.1 Å². The van der Waals surface area contributed by atoms with Gasteiger partial charge in [-0.25, -0.2) is 4.98 Å². The molecule has 3 rings (SSSR count). The van der Waals surface area contributed by atoms with Crippen LogP contribution >= 0.6 is 11.3 Å². The summed E-state index contributed by atoms with van der Waals surface area (Å²) in [6.45, 7) is 5.03. The Kier molecular flexibility index (Phi) is 5.05. The van der Waals surface area contributed by atoms with Crippen LogP contribution < -0.4 is 5.32 Å². The van der Waals surface area contributed by atoms with Crippen molar-refractivity contribution in [3.63, 3.8) is 0 Å². The van der Waals surface area contributed by atoms with Crippen molar-refractivity contribution >= 4 is 17.2 Å². The monoisotopic (exact) mass is 340 g/mol. The Hall–Kier alpha value is -2.47. The fourth-order valence-corrected chi connectivity index (χ4v) is 3.19. The summed E-state index contributed by atoms with van der Waals surface area (Å²) >= 11 is 1.53. The molecular formula is C18H20N4OS. The van der Waals surface area contributed by atoms with E-state index in [9.17, 15) is 4.79 Å². The lowest BCUT2D eigenvalue weighted by Gasteiger charge is -2.16. The van der Waals surface area contributed by atoms with Crippen molar-refractivity contribution in [2.45, 2.75) is 26.4 Å². The second-order valence-electron chi connectivity index (χ2n) is 6.03. The number of nitrogens with zero attached hydrogens (tertiary/aromatic N) is 3. The fourth-order valence-electron chi connectivity index (χ4n) is 2.48. The lowest BCUT2D eigenvalue weighted by atomic mass is 10.1. The molecule has 24 heavy (non-hydrogen) atoms. The first-order chi connectivity index (χ1) is 11.6. The highest BCUT2D eigenvalue weighted by atomic mass is 32.1. The van der Waals surface area contributed by atoms with E-state index < -0.39 is 0 Å². The summed E-state index contributed by atoms with van der Waals surface area (Å²) in [6.07, 6.45) is 5.16. The van der Waals surface area contributed by atoms with Gasteiger partial charge in [0.05, 0.1) is 11.8 Å². The number of thiazole rings is 1. The second kappa shape index (κ2) is 7.40. The maximum atomic E-state index is 12.6. The molecule has 0 aliphatic rings. The Morgan fingerprint density at radius 2 is 2.08 bits per heavy atom. The molecule has 0 radical (unpaired) electrons. The molecule has 0 saturated carbocycles. The van der Waals surface area contributed by atoms with Gasteiger partial charge in [0.25, 0.3) is 5.91 Å². The minimum atomic E-state index is -0.257. The molecule has 0 aliphatic heterocycles.